The van der Waals surface area contributed by atoms with Gasteiger partial charge in [-0.2, -0.15) is 0 Å². The maximum Gasteiger partial charge on any atom is 0.0453 e. The molecule has 0 amide bonds. The lowest BCUT2D eigenvalue weighted by Crippen LogP contribution is -2.36. The van der Waals surface area contributed by atoms with Crippen LogP contribution in [0.5, 0.6) is 0 Å². The molecule has 3 heteroatoms. The Labute approximate surface area is 139 Å². The summed E-state index contributed by atoms with van der Waals surface area (Å²) in [5.74, 6) is 0. The van der Waals surface area contributed by atoms with E-state index >= 15 is 0 Å². The Morgan fingerprint density at radius 1 is 1.19 bits per heavy atom. The zero-order valence-electron chi connectivity index (χ0n) is 12.1. The molecule has 1 aliphatic rings. The van der Waals surface area contributed by atoms with Crippen LogP contribution in [0.2, 0.25) is 5.02 Å². The summed E-state index contributed by atoms with van der Waals surface area (Å²) in [4.78, 5) is 0. The van der Waals surface area contributed by atoms with E-state index < -0.39 is 0 Å². The van der Waals surface area contributed by atoms with Crippen LogP contribution in [0.1, 0.15) is 36.1 Å². The highest BCUT2D eigenvalue weighted by Gasteiger charge is 2.21. The van der Waals surface area contributed by atoms with Crippen molar-refractivity contribution in [1.29, 1.82) is 0 Å². The molecule has 110 valence electrons. The molecule has 1 unspecified atom stereocenters. The Morgan fingerprint density at radius 3 is 2.81 bits per heavy atom. The fourth-order valence-corrected chi connectivity index (χ4v) is 3.84. The molecule has 0 bridgehead atoms. The predicted octanol–water partition coefficient (Wildman–Crippen LogP) is 5.31. The van der Waals surface area contributed by atoms with Gasteiger partial charge in [0.15, 0.2) is 0 Å². The molecule has 2 aromatic carbocycles. The van der Waals surface area contributed by atoms with Crippen molar-refractivity contribution in [1.82, 2.24) is 5.32 Å². The smallest absolute Gasteiger partial charge is 0.0453 e. The molecule has 0 radical (unpaired) electrons. The van der Waals surface area contributed by atoms with Gasteiger partial charge in [0, 0.05) is 21.6 Å². The van der Waals surface area contributed by atoms with Gasteiger partial charge in [0.05, 0.1) is 0 Å². The standard InChI is InChI=1S/C18H19BrClN/c1-12(17-4-2-3-5-18(17)20)21-16-9-7-13-10-15(19)8-6-14(13)11-16/h2-6,8,10,12,16,21H,7,9,11H2,1H3/t12-,16?/m1/s1. The van der Waals surface area contributed by atoms with E-state index in [1.54, 1.807) is 0 Å². The molecule has 0 fully saturated rings. The van der Waals surface area contributed by atoms with Crippen molar-refractivity contribution >= 4 is 27.5 Å². The van der Waals surface area contributed by atoms with Gasteiger partial charge in [-0.15, -0.1) is 0 Å². The van der Waals surface area contributed by atoms with E-state index in [9.17, 15) is 0 Å². The number of hydrogen-bond acceptors (Lipinski definition) is 1. The minimum Gasteiger partial charge on any atom is -0.307 e. The molecule has 0 aromatic heterocycles. The van der Waals surface area contributed by atoms with Crippen LogP contribution in [0.3, 0.4) is 0 Å². The van der Waals surface area contributed by atoms with E-state index in [1.165, 1.54) is 27.6 Å². The third kappa shape index (κ3) is 3.50. The van der Waals surface area contributed by atoms with Crippen LogP contribution in [0, 0.1) is 0 Å². The highest BCUT2D eigenvalue weighted by Crippen LogP contribution is 2.27. The Bertz CT molecular complexity index is 641. The van der Waals surface area contributed by atoms with Crippen LogP contribution in [-0.2, 0) is 12.8 Å². The first kappa shape index (κ1) is 15.1. The molecule has 2 aromatic rings. The zero-order chi connectivity index (χ0) is 14.8. The van der Waals surface area contributed by atoms with E-state index in [-0.39, 0.29) is 6.04 Å². The van der Waals surface area contributed by atoms with Gasteiger partial charge >= 0.3 is 0 Å². The van der Waals surface area contributed by atoms with Gasteiger partial charge in [0.1, 0.15) is 0 Å². The van der Waals surface area contributed by atoms with E-state index in [0.29, 0.717) is 6.04 Å². The summed E-state index contributed by atoms with van der Waals surface area (Å²) in [6.07, 6.45) is 3.41. The number of rotatable bonds is 3. The SMILES string of the molecule is C[C@@H](NC1CCc2cc(Br)ccc2C1)c1ccccc1Cl. The van der Waals surface area contributed by atoms with Gasteiger partial charge in [-0.05, 0) is 61.1 Å². The lowest BCUT2D eigenvalue weighted by atomic mass is 9.88. The van der Waals surface area contributed by atoms with Crippen LogP contribution >= 0.6 is 27.5 Å². The van der Waals surface area contributed by atoms with Crippen LogP contribution in [0.4, 0.5) is 0 Å². The van der Waals surface area contributed by atoms with E-state index in [2.05, 4.69) is 52.4 Å². The van der Waals surface area contributed by atoms with Crippen molar-refractivity contribution in [2.24, 2.45) is 0 Å². The fraction of sp³-hybridized carbons (Fsp3) is 0.333. The Balaban J connectivity index is 1.70. The Hall–Kier alpha value is -0.830. The summed E-state index contributed by atoms with van der Waals surface area (Å²) in [6, 6.07) is 15.5. The van der Waals surface area contributed by atoms with E-state index in [1.807, 2.05) is 18.2 Å². The normalized spacial score (nSPS) is 19.1. The van der Waals surface area contributed by atoms with Gasteiger partial charge in [0.2, 0.25) is 0 Å². The summed E-state index contributed by atoms with van der Waals surface area (Å²) in [5, 5.41) is 4.58. The average molecular weight is 365 g/mol. The summed E-state index contributed by atoms with van der Waals surface area (Å²) < 4.78 is 1.18. The second-order valence-corrected chi connectivity index (χ2v) is 7.09. The van der Waals surface area contributed by atoms with Crippen molar-refractivity contribution in [2.75, 3.05) is 0 Å². The minimum absolute atomic E-state index is 0.278. The Kier molecular flexibility index (Phi) is 4.68. The molecule has 1 N–H and O–H groups in total. The zero-order valence-corrected chi connectivity index (χ0v) is 14.4. The van der Waals surface area contributed by atoms with Crippen LogP contribution in [0.15, 0.2) is 46.9 Å². The molecule has 0 aliphatic heterocycles. The molecule has 0 saturated carbocycles. The number of aryl methyl sites for hydroxylation is 1. The molecule has 0 spiro atoms. The molecule has 0 heterocycles. The van der Waals surface area contributed by atoms with E-state index in [4.69, 9.17) is 11.6 Å². The molecule has 2 atom stereocenters. The van der Waals surface area contributed by atoms with Gasteiger partial charge in [-0.1, -0.05) is 51.8 Å². The van der Waals surface area contributed by atoms with Crippen LogP contribution in [0.25, 0.3) is 0 Å². The lowest BCUT2D eigenvalue weighted by Gasteiger charge is -2.29. The van der Waals surface area contributed by atoms with Gasteiger partial charge in [-0.25, -0.2) is 0 Å². The Morgan fingerprint density at radius 2 is 2.00 bits per heavy atom. The molecule has 3 rings (SSSR count). The second kappa shape index (κ2) is 6.51. The van der Waals surface area contributed by atoms with Crippen molar-refractivity contribution < 1.29 is 0 Å². The molecule has 21 heavy (non-hydrogen) atoms. The molecular formula is C18H19BrClN. The number of nitrogens with one attached hydrogen (secondary N) is 1. The third-order valence-electron chi connectivity index (χ3n) is 4.25. The van der Waals surface area contributed by atoms with Crippen molar-refractivity contribution in [3.05, 3.63) is 68.7 Å². The van der Waals surface area contributed by atoms with Crippen LogP contribution in [-0.4, -0.2) is 6.04 Å². The summed E-state index contributed by atoms with van der Waals surface area (Å²) in [6.45, 7) is 2.19. The predicted molar refractivity (Wildman–Crippen MR) is 93.0 cm³/mol. The number of hydrogen-bond donors (Lipinski definition) is 1. The number of fused-ring (bicyclic) bond motifs is 1. The lowest BCUT2D eigenvalue weighted by molar-refractivity contribution is 0.414. The molecular weight excluding hydrogens is 346 g/mol. The second-order valence-electron chi connectivity index (χ2n) is 5.76. The fourth-order valence-electron chi connectivity index (χ4n) is 3.14. The first-order valence-electron chi connectivity index (χ1n) is 7.41. The molecule has 0 saturated heterocycles. The summed E-state index contributed by atoms with van der Waals surface area (Å²) in [7, 11) is 0. The molecule has 1 aliphatic carbocycles. The minimum atomic E-state index is 0.278. The summed E-state index contributed by atoms with van der Waals surface area (Å²) >= 11 is 9.84. The van der Waals surface area contributed by atoms with Crippen molar-refractivity contribution in [2.45, 2.75) is 38.3 Å². The topological polar surface area (TPSA) is 12.0 Å². The quantitative estimate of drug-likeness (QED) is 0.778. The highest BCUT2D eigenvalue weighted by atomic mass is 79.9. The summed E-state index contributed by atoms with van der Waals surface area (Å²) in [5.41, 5.74) is 4.13. The first-order valence-corrected chi connectivity index (χ1v) is 8.58. The average Bonchev–Trinajstić information content (AvgIpc) is 2.48. The number of benzene rings is 2. The maximum atomic E-state index is 6.29. The van der Waals surface area contributed by atoms with Crippen LogP contribution < -0.4 is 5.32 Å². The largest absolute Gasteiger partial charge is 0.307 e. The monoisotopic (exact) mass is 363 g/mol. The first-order chi connectivity index (χ1) is 10.1. The maximum absolute atomic E-state index is 6.29. The van der Waals surface area contributed by atoms with Gasteiger partial charge < -0.3 is 5.32 Å². The third-order valence-corrected chi connectivity index (χ3v) is 5.09. The van der Waals surface area contributed by atoms with Gasteiger partial charge in [0.25, 0.3) is 0 Å². The van der Waals surface area contributed by atoms with Gasteiger partial charge in [-0.3, -0.25) is 0 Å². The van der Waals surface area contributed by atoms with Crippen molar-refractivity contribution in [3.63, 3.8) is 0 Å². The molecule has 1 nitrogen and oxygen atoms in total. The van der Waals surface area contributed by atoms with Crippen molar-refractivity contribution in [3.8, 4) is 0 Å². The highest BCUT2D eigenvalue weighted by molar-refractivity contribution is 9.10. The van der Waals surface area contributed by atoms with E-state index in [0.717, 1.165) is 17.9 Å². The number of halogens is 2.